The molecule has 0 aromatic heterocycles. The van der Waals surface area contributed by atoms with E-state index >= 15 is 0 Å². The molecule has 1 fully saturated rings. The van der Waals surface area contributed by atoms with Gasteiger partial charge in [-0.3, -0.25) is 4.79 Å². The van der Waals surface area contributed by atoms with Gasteiger partial charge >= 0.3 is 0 Å². The summed E-state index contributed by atoms with van der Waals surface area (Å²) in [5.74, 6) is 1.45. The minimum Gasteiger partial charge on any atom is -0.368 e. The van der Waals surface area contributed by atoms with Crippen LogP contribution in [0.3, 0.4) is 0 Å². The van der Waals surface area contributed by atoms with Crippen molar-refractivity contribution in [2.75, 3.05) is 0 Å². The number of carbonyl (C=O) groups is 1. The van der Waals surface area contributed by atoms with Crippen molar-refractivity contribution in [1.82, 2.24) is 5.32 Å². The molecule has 2 rings (SSSR count). The summed E-state index contributed by atoms with van der Waals surface area (Å²) < 4.78 is 6.54. The van der Waals surface area contributed by atoms with E-state index in [1.54, 1.807) is 0 Å². The van der Waals surface area contributed by atoms with E-state index in [2.05, 4.69) is 72.5 Å². The molecule has 1 amide bonds. The average molecular weight is 386 g/mol. The summed E-state index contributed by atoms with van der Waals surface area (Å²) in [7, 11) is 0. The zero-order valence-corrected chi connectivity index (χ0v) is 18.8. The van der Waals surface area contributed by atoms with Gasteiger partial charge in [-0.1, -0.05) is 59.8 Å². The third-order valence-electron chi connectivity index (χ3n) is 5.83. The molecule has 0 unspecified atom stereocenters. The number of rotatable bonds is 9. The van der Waals surface area contributed by atoms with E-state index < -0.39 is 0 Å². The monoisotopic (exact) mass is 385 g/mol. The van der Waals surface area contributed by atoms with Crippen LogP contribution in [0.4, 0.5) is 0 Å². The summed E-state index contributed by atoms with van der Waals surface area (Å²) in [6.45, 7) is 19.5. The lowest BCUT2D eigenvalue weighted by Crippen LogP contribution is -2.33. The molecule has 1 aromatic carbocycles. The molecule has 3 atom stereocenters. The van der Waals surface area contributed by atoms with Gasteiger partial charge in [0.15, 0.2) is 0 Å². The van der Waals surface area contributed by atoms with Gasteiger partial charge in [0.05, 0.1) is 24.7 Å². The molecule has 28 heavy (non-hydrogen) atoms. The van der Waals surface area contributed by atoms with Crippen molar-refractivity contribution >= 4 is 5.91 Å². The van der Waals surface area contributed by atoms with Gasteiger partial charge in [0, 0.05) is 0 Å². The van der Waals surface area contributed by atoms with Crippen LogP contribution in [0.25, 0.3) is 0 Å². The maximum absolute atomic E-state index is 12.0. The number of hydrogen-bond acceptors (Lipinski definition) is 2. The van der Waals surface area contributed by atoms with Crippen LogP contribution in [0, 0.1) is 0 Å². The predicted molar refractivity (Wildman–Crippen MR) is 118 cm³/mol. The minimum absolute atomic E-state index is 0.0417. The number of carbonyl (C=O) groups excluding carboxylic acids is 1. The van der Waals surface area contributed by atoms with Crippen molar-refractivity contribution in [3.8, 4) is 0 Å². The van der Waals surface area contributed by atoms with Crippen LogP contribution in [-0.4, -0.2) is 18.1 Å². The molecule has 1 heterocycles. The number of allylic oxidation sites excluding steroid dienone is 1. The number of benzene rings is 1. The predicted octanol–water partition coefficient (Wildman–Crippen LogP) is 6.36. The highest BCUT2D eigenvalue weighted by atomic mass is 16.5. The highest BCUT2D eigenvalue weighted by molar-refractivity contribution is 5.79. The lowest BCUT2D eigenvalue weighted by molar-refractivity contribution is -0.120. The summed E-state index contributed by atoms with van der Waals surface area (Å²) in [6.07, 6.45) is 4.00. The van der Waals surface area contributed by atoms with E-state index in [1.165, 1.54) is 22.3 Å². The molecule has 1 N–H and O–H groups in total. The van der Waals surface area contributed by atoms with Gasteiger partial charge in [0.25, 0.3) is 0 Å². The van der Waals surface area contributed by atoms with Crippen molar-refractivity contribution in [3.63, 3.8) is 0 Å². The Morgan fingerprint density at radius 3 is 2.11 bits per heavy atom. The Morgan fingerprint density at radius 1 is 1.07 bits per heavy atom. The molecule has 1 aliphatic heterocycles. The maximum atomic E-state index is 12.0. The first-order chi connectivity index (χ1) is 13.1. The zero-order valence-electron chi connectivity index (χ0n) is 18.8. The fourth-order valence-corrected chi connectivity index (χ4v) is 4.19. The molecule has 156 valence electrons. The molecule has 3 nitrogen and oxygen atoms in total. The van der Waals surface area contributed by atoms with Crippen LogP contribution >= 0.6 is 0 Å². The number of nitrogens with one attached hydrogen (secondary N) is 1. The summed E-state index contributed by atoms with van der Waals surface area (Å²) in [5.41, 5.74) is 5.46. The Morgan fingerprint density at radius 2 is 1.64 bits per heavy atom. The standard InChI is InChI=1S/C25H39NO2/c1-9-10-11-22-23(14-24(27)26-22)28-18(8)25-20(16(4)5)12-19(15(2)3)13-21(25)17(6)7/h9,12-13,15-18,22-23H,1,10-11,14H2,2-8H3,(H,26,27)/t18-,22-,23+/m0/s1. The Hall–Kier alpha value is -1.61. The molecule has 1 saturated heterocycles. The van der Waals surface area contributed by atoms with Crippen LogP contribution in [0.15, 0.2) is 24.8 Å². The van der Waals surface area contributed by atoms with Gasteiger partial charge in [-0.25, -0.2) is 0 Å². The molecule has 1 aliphatic rings. The van der Waals surface area contributed by atoms with Crippen molar-refractivity contribution in [1.29, 1.82) is 0 Å². The molecule has 0 bridgehead atoms. The Kier molecular flexibility index (Phi) is 7.88. The second-order valence-electron chi connectivity index (χ2n) is 9.14. The third-order valence-corrected chi connectivity index (χ3v) is 5.83. The smallest absolute Gasteiger partial charge is 0.223 e. The van der Waals surface area contributed by atoms with E-state index in [-0.39, 0.29) is 24.2 Å². The van der Waals surface area contributed by atoms with Gasteiger partial charge in [0.2, 0.25) is 5.91 Å². The second kappa shape index (κ2) is 9.73. The lowest BCUT2D eigenvalue weighted by atomic mass is 9.82. The quantitative estimate of drug-likeness (QED) is 0.502. The Labute approximate surface area is 171 Å². The summed E-state index contributed by atoms with van der Waals surface area (Å²) in [4.78, 5) is 12.0. The summed E-state index contributed by atoms with van der Waals surface area (Å²) in [6, 6.07) is 4.81. The van der Waals surface area contributed by atoms with Crippen LogP contribution < -0.4 is 5.32 Å². The SMILES string of the molecule is C=CCC[C@@H]1NC(=O)C[C@H]1O[C@@H](C)c1c(C(C)C)cc(C(C)C)cc1C(C)C. The minimum atomic E-state index is -0.0766. The fourth-order valence-electron chi connectivity index (χ4n) is 4.19. The molecule has 0 spiro atoms. The van der Waals surface area contributed by atoms with Crippen molar-refractivity contribution in [2.24, 2.45) is 0 Å². The fraction of sp³-hybridized carbons (Fsp3) is 0.640. The number of ether oxygens (including phenoxy) is 1. The van der Waals surface area contributed by atoms with Crippen molar-refractivity contribution < 1.29 is 9.53 Å². The van der Waals surface area contributed by atoms with Crippen LogP contribution in [0.2, 0.25) is 0 Å². The van der Waals surface area contributed by atoms with Gasteiger partial charge in [0.1, 0.15) is 0 Å². The van der Waals surface area contributed by atoms with Crippen LogP contribution in [0.5, 0.6) is 0 Å². The summed E-state index contributed by atoms with van der Waals surface area (Å²) >= 11 is 0. The third kappa shape index (κ3) is 5.26. The zero-order chi connectivity index (χ0) is 21.0. The van der Waals surface area contributed by atoms with Crippen LogP contribution in [0.1, 0.15) is 114 Å². The van der Waals surface area contributed by atoms with Crippen molar-refractivity contribution in [3.05, 3.63) is 47.0 Å². The van der Waals surface area contributed by atoms with Gasteiger partial charge in [-0.05, 0) is 59.8 Å². The van der Waals surface area contributed by atoms with E-state index in [9.17, 15) is 4.79 Å². The second-order valence-corrected chi connectivity index (χ2v) is 9.14. The molecule has 3 heteroatoms. The lowest BCUT2D eigenvalue weighted by Gasteiger charge is -2.29. The first-order valence-electron chi connectivity index (χ1n) is 10.9. The van der Waals surface area contributed by atoms with Crippen LogP contribution in [-0.2, 0) is 9.53 Å². The van der Waals surface area contributed by atoms with E-state index in [0.29, 0.717) is 24.2 Å². The average Bonchev–Trinajstić information content (AvgIpc) is 2.97. The maximum Gasteiger partial charge on any atom is 0.223 e. The molecule has 0 aliphatic carbocycles. The molecular weight excluding hydrogens is 346 g/mol. The van der Waals surface area contributed by atoms with E-state index in [0.717, 1.165) is 12.8 Å². The molecular formula is C25H39NO2. The Balaban J connectivity index is 2.38. The highest BCUT2D eigenvalue weighted by Crippen LogP contribution is 2.38. The Bertz CT molecular complexity index is 661. The van der Waals surface area contributed by atoms with E-state index in [1.807, 2.05) is 6.08 Å². The molecule has 1 aromatic rings. The first kappa shape index (κ1) is 22.7. The first-order valence-corrected chi connectivity index (χ1v) is 10.9. The number of amides is 1. The number of hydrogen-bond donors (Lipinski definition) is 1. The molecule has 0 radical (unpaired) electrons. The molecule has 0 saturated carbocycles. The van der Waals surface area contributed by atoms with Crippen molar-refractivity contribution in [2.45, 2.75) is 104 Å². The van der Waals surface area contributed by atoms with Gasteiger partial charge in [-0.15, -0.1) is 6.58 Å². The highest BCUT2D eigenvalue weighted by Gasteiger charge is 2.35. The van der Waals surface area contributed by atoms with Gasteiger partial charge in [-0.2, -0.15) is 0 Å². The van der Waals surface area contributed by atoms with Gasteiger partial charge < -0.3 is 10.1 Å². The topological polar surface area (TPSA) is 38.3 Å². The largest absolute Gasteiger partial charge is 0.368 e. The summed E-state index contributed by atoms with van der Waals surface area (Å²) in [5, 5.41) is 3.08. The normalized spacial score (nSPS) is 20.9. The van der Waals surface area contributed by atoms with E-state index in [4.69, 9.17) is 4.74 Å².